The molecule has 0 saturated heterocycles. The molecule has 1 rings (SSSR count). The van der Waals surface area contributed by atoms with E-state index >= 15 is 0 Å². The predicted octanol–water partition coefficient (Wildman–Crippen LogP) is 2.06. The third-order valence-corrected chi connectivity index (χ3v) is 5.05. The van der Waals surface area contributed by atoms with Crippen LogP contribution in [-0.2, 0) is 19.6 Å². The standard InChI is InChI=1S/C11H13Cl2NO4S/c1-6-4-8(12)7(2)11(10(6)13)19(16,17)14-5-9(15)18-3/h4,14H,5H2,1-3H3. The lowest BCUT2D eigenvalue weighted by atomic mass is 10.2. The maximum atomic E-state index is 12.1. The Kier molecular flexibility index (Phi) is 5.20. The Hall–Kier alpha value is -0.820. The second kappa shape index (κ2) is 6.09. The van der Waals surface area contributed by atoms with Crippen molar-refractivity contribution in [1.29, 1.82) is 0 Å². The molecule has 5 nitrogen and oxygen atoms in total. The highest BCUT2D eigenvalue weighted by Gasteiger charge is 2.24. The van der Waals surface area contributed by atoms with Gasteiger partial charge in [-0.3, -0.25) is 4.79 Å². The van der Waals surface area contributed by atoms with Crippen molar-refractivity contribution in [3.05, 3.63) is 27.2 Å². The van der Waals surface area contributed by atoms with Crippen LogP contribution in [0.5, 0.6) is 0 Å². The second-order valence-corrected chi connectivity index (χ2v) is 6.33. The molecule has 0 aliphatic heterocycles. The minimum atomic E-state index is -3.94. The number of esters is 1. The van der Waals surface area contributed by atoms with Crippen LogP contribution in [0.4, 0.5) is 0 Å². The van der Waals surface area contributed by atoms with Crippen LogP contribution in [0.1, 0.15) is 11.1 Å². The predicted molar refractivity (Wildman–Crippen MR) is 73.1 cm³/mol. The minimum Gasteiger partial charge on any atom is -0.468 e. The van der Waals surface area contributed by atoms with Gasteiger partial charge in [-0.05, 0) is 31.0 Å². The fourth-order valence-corrected chi connectivity index (χ4v) is 3.61. The zero-order valence-electron chi connectivity index (χ0n) is 10.6. The van der Waals surface area contributed by atoms with Crippen LogP contribution >= 0.6 is 23.2 Å². The van der Waals surface area contributed by atoms with Crippen LogP contribution in [0, 0.1) is 13.8 Å². The molecule has 106 valence electrons. The highest BCUT2D eigenvalue weighted by molar-refractivity contribution is 7.89. The molecule has 0 amide bonds. The summed E-state index contributed by atoms with van der Waals surface area (Å²) in [7, 11) is -2.77. The lowest BCUT2D eigenvalue weighted by molar-refractivity contribution is -0.139. The SMILES string of the molecule is COC(=O)CNS(=O)(=O)c1c(C)c(Cl)cc(C)c1Cl. The molecule has 0 fully saturated rings. The van der Waals surface area contributed by atoms with E-state index in [0.717, 1.165) is 0 Å². The van der Waals surface area contributed by atoms with E-state index in [1.54, 1.807) is 19.9 Å². The molecule has 0 aliphatic carbocycles. The molecule has 0 unspecified atom stereocenters. The Morgan fingerprint density at radius 3 is 2.47 bits per heavy atom. The van der Waals surface area contributed by atoms with Gasteiger partial charge >= 0.3 is 5.97 Å². The van der Waals surface area contributed by atoms with Crippen LogP contribution in [0.15, 0.2) is 11.0 Å². The van der Waals surface area contributed by atoms with E-state index in [0.29, 0.717) is 16.1 Å². The lowest BCUT2D eigenvalue weighted by Crippen LogP contribution is -2.31. The van der Waals surface area contributed by atoms with Crippen molar-refractivity contribution in [2.75, 3.05) is 13.7 Å². The first-order valence-corrected chi connectivity index (χ1v) is 7.46. The topological polar surface area (TPSA) is 72.5 Å². The zero-order valence-corrected chi connectivity index (χ0v) is 12.9. The average molecular weight is 326 g/mol. The van der Waals surface area contributed by atoms with Gasteiger partial charge in [-0.25, -0.2) is 8.42 Å². The van der Waals surface area contributed by atoms with E-state index in [2.05, 4.69) is 9.46 Å². The largest absolute Gasteiger partial charge is 0.468 e. The van der Waals surface area contributed by atoms with Gasteiger partial charge in [-0.15, -0.1) is 0 Å². The fraction of sp³-hybridized carbons (Fsp3) is 0.364. The highest BCUT2D eigenvalue weighted by Crippen LogP contribution is 2.33. The van der Waals surface area contributed by atoms with Crippen LogP contribution in [0.25, 0.3) is 0 Å². The third kappa shape index (κ3) is 3.60. The van der Waals surface area contributed by atoms with E-state index in [4.69, 9.17) is 23.2 Å². The Bertz CT molecular complexity index is 587. The summed E-state index contributed by atoms with van der Waals surface area (Å²) in [6.45, 7) is 2.72. The summed E-state index contributed by atoms with van der Waals surface area (Å²) in [4.78, 5) is 10.9. The number of nitrogens with one attached hydrogen (secondary N) is 1. The zero-order chi connectivity index (χ0) is 14.8. The van der Waals surface area contributed by atoms with Crippen molar-refractivity contribution in [2.24, 2.45) is 0 Å². The van der Waals surface area contributed by atoms with Crippen LogP contribution in [0.3, 0.4) is 0 Å². The molecule has 0 aromatic heterocycles. The van der Waals surface area contributed by atoms with E-state index in [1.165, 1.54) is 7.11 Å². The number of hydrogen-bond donors (Lipinski definition) is 1. The quantitative estimate of drug-likeness (QED) is 0.860. The summed E-state index contributed by atoms with van der Waals surface area (Å²) in [5, 5.41) is 0.375. The number of sulfonamides is 1. The number of benzene rings is 1. The summed E-state index contributed by atoms with van der Waals surface area (Å²) in [6, 6.07) is 1.58. The van der Waals surface area contributed by atoms with E-state index in [1.807, 2.05) is 0 Å². The monoisotopic (exact) mass is 325 g/mol. The molecular formula is C11H13Cl2NO4S. The molecular weight excluding hydrogens is 313 g/mol. The number of hydrogen-bond acceptors (Lipinski definition) is 4. The second-order valence-electron chi connectivity index (χ2n) is 3.84. The molecule has 0 atom stereocenters. The highest BCUT2D eigenvalue weighted by atomic mass is 35.5. The molecule has 0 saturated carbocycles. The first kappa shape index (κ1) is 16.2. The molecule has 0 spiro atoms. The molecule has 1 aromatic carbocycles. The summed E-state index contributed by atoms with van der Waals surface area (Å²) in [6.07, 6.45) is 0. The molecule has 0 radical (unpaired) electrons. The van der Waals surface area contributed by atoms with Crippen molar-refractivity contribution >= 4 is 39.2 Å². The first-order valence-electron chi connectivity index (χ1n) is 5.22. The molecule has 8 heteroatoms. The number of carbonyl (C=O) groups excluding carboxylic acids is 1. The van der Waals surface area contributed by atoms with Gasteiger partial charge in [0.1, 0.15) is 11.4 Å². The number of halogens is 2. The van der Waals surface area contributed by atoms with Gasteiger partial charge in [-0.2, -0.15) is 4.72 Å². The Labute approximate surface area is 121 Å². The average Bonchev–Trinajstić information content (AvgIpc) is 2.33. The molecule has 1 aromatic rings. The van der Waals surface area contributed by atoms with Crippen molar-refractivity contribution in [3.63, 3.8) is 0 Å². The van der Waals surface area contributed by atoms with E-state index < -0.39 is 22.5 Å². The summed E-state index contributed by atoms with van der Waals surface area (Å²) < 4.78 is 30.8. The van der Waals surface area contributed by atoms with E-state index in [-0.39, 0.29) is 9.92 Å². The van der Waals surface area contributed by atoms with Crippen molar-refractivity contribution in [1.82, 2.24) is 4.72 Å². The minimum absolute atomic E-state index is 0.0827. The fourth-order valence-electron chi connectivity index (χ4n) is 1.43. The number of methoxy groups -OCH3 is 1. The summed E-state index contributed by atoms with van der Waals surface area (Å²) in [5.74, 6) is -0.698. The normalized spacial score (nSPS) is 11.4. The van der Waals surface area contributed by atoms with Gasteiger partial charge in [0.15, 0.2) is 0 Å². The maximum Gasteiger partial charge on any atom is 0.320 e. The Morgan fingerprint density at radius 2 is 1.95 bits per heavy atom. The van der Waals surface area contributed by atoms with Gasteiger partial charge in [0.05, 0.1) is 12.1 Å². The van der Waals surface area contributed by atoms with Crippen LogP contribution in [0.2, 0.25) is 10.0 Å². The van der Waals surface area contributed by atoms with Gasteiger partial charge in [0, 0.05) is 5.02 Å². The van der Waals surface area contributed by atoms with Crippen LogP contribution in [-0.4, -0.2) is 28.0 Å². The summed E-state index contributed by atoms with van der Waals surface area (Å²) in [5.41, 5.74) is 0.866. The molecule has 0 aliphatic rings. The number of rotatable bonds is 4. The van der Waals surface area contributed by atoms with Crippen molar-refractivity contribution in [3.8, 4) is 0 Å². The van der Waals surface area contributed by atoms with Gasteiger partial charge in [-0.1, -0.05) is 23.2 Å². The third-order valence-electron chi connectivity index (χ3n) is 2.49. The first-order chi connectivity index (χ1) is 8.70. The molecule has 0 heterocycles. The maximum absolute atomic E-state index is 12.1. The number of ether oxygens (including phenoxy) is 1. The van der Waals surface area contributed by atoms with E-state index in [9.17, 15) is 13.2 Å². The Morgan fingerprint density at radius 1 is 1.37 bits per heavy atom. The molecule has 0 bridgehead atoms. The molecule has 1 N–H and O–H groups in total. The lowest BCUT2D eigenvalue weighted by Gasteiger charge is -2.13. The van der Waals surface area contributed by atoms with Crippen molar-refractivity contribution in [2.45, 2.75) is 18.7 Å². The van der Waals surface area contributed by atoms with Gasteiger partial charge in [0.25, 0.3) is 0 Å². The number of aryl methyl sites for hydroxylation is 1. The molecule has 19 heavy (non-hydrogen) atoms. The van der Waals surface area contributed by atoms with Crippen LogP contribution < -0.4 is 4.72 Å². The summed E-state index contributed by atoms with van der Waals surface area (Å²) >= 11 is 12.0. The van der Waals surface area contributed by atoms with Crippen molar-refractivity contribution < 1.29 is 17.9 Å². The van der Waals surface area contributed by atoms with Gasteiger partial charge < -0.3 is 4.74 Å². The smallest absolute Gasteiger partial charge is 0.320 e. The number of carbonyl (C=O) groups is 1. The van der Waals surface area contributed by atoms with Gasteiger partial charge in [0.2, 0.25) is 10.0 Å². The Balaban J connectivity index is 3.25.